The lowest BCUT2D eigenvalue weighted by Gasteiger charge is -2.04. The predicted molar refractivity (Wildman–Crippen MR) is 128 cm³/mol. The van der Waals surface area contributed by atoms with Gasteiger partial charge in [-0.2, -0.15) is 8.42 Å². The van der Waals surface area contributed by atoms with Gasteiger partial charge < -0.3 is 4.98 Å². The molecule has 2 N–H and O–H groups in total. The highest BCUT2D eigenvalue weighted by molar-refractivity contribution is 7.85. The third-order valence-corrected chi connectivity index (χ3v) is 6.67. The second kappa shape index (κ2) is 13.2. The average molecular weight is 453 g/mol. The number of fused-ring (bicyclic) bond motifs is 1. The van der Waals surface area contributed by atoms with E-state index in [2.05, 4.69) is 16.9 Å². The van der Waals surface area contributed by atoms with E-state index < -0.39 is 10.1 Å². The standard InChI is InChI=1S/C23H36N2O3S2/c1-2-3-4-5-6-7-8-9-10-11-12-13-14-19(29)17-23-24-21-16-15-20(30(26,27)28)18-22(21)25-23/h15-16,18H,2-14,17H2,1H3,(H,24,25)(H,26,27,28). The summed E-state index contributed by atoms with van der Waals surface area (Å²) < 4.78 is 31.7. The van der Waals surface area contributed by atoms with Gasteiger partial charge in [-0.15, -0.1) is 0 Å². The van der Waals surface area contributed by atoms with Crippen LogP contribution in [0.3, 0.4) is 0 Å². The van der Waals surface area contributed by atoms with E-state index in [4.69, 9.17) is 16.8 Å². The van der Waals surface area contributed by atoms with Gasteiger partial charge in [0, 0.05) is 11.3 Å². The molecule has 0 fully saturated rings. The number of hydrogen-bond acceptors (Lipinski definition) is 4. The normalized spacial score (nSPS) is 11.9. The molecule has 0 spiro atoms. The lowest BCUT2D eigenvalue weighted by atomic mass is 10.0. The molecule has 0 aliphatic carbocycles. The van der Waals surface area contributed by atoms with Crippen molar-refractivity contribution in [1.82, 2.24) is 9.97 Å². The molecule has 1 aromatic carbocycles. The number of hydrogen-bond donors (Lipinski definition) is 2. The van der Waals surface area contributed by atoms with Crippen LogP contribution in [0.15, 0.2) is 23.1 Å². The molecule has 0 atom stereocenters. The molecule has 7 heteroatoms. The molecule has 0 unspecified atom stereocenters. The molecule has 1 heterocycles. The van der Waals surface area contributed by atoms with Crippen molar-refractivity contribution >= 4 is 38.2 Å². The van der Waals surface area contributed by atoms with Crippen molar-refractivity contribution in [2.75, 3.05) is 0 Å². The van der Waals surface area contributed by atoms with Crippen LogP contribution >= 0.6 is 12.2 Å². The van der Waals surface area contributed by atoms with Crippen molar-refractivity contribution in [3.63, 3.8) is 0 Å². The van der Waals surface area contributed by atoms with Gasteiger partial charge in [-0.1, -0.05) is 89.8 Å². The number of benzene rings is 1. The first kappa shape index (κ1) is 25.0. The van der Waals surface area contributed by atoms with Gasteiger partial charge in [0.15, 0.2) is 0 Å². The van der Waals surface area contributed by atoms with Gasteiger partial charge in [-0.05, 0) is 31.0 Å². The van der Waals surface area contributed by atoms with Gasteiger partial charge in [0.2, 0.25) is 0 Å². The van der Waals surface area contributed by atoms with Crippen LogP contribution in [-0.4, -0.2) is 27.8 Å². The van der Waals surface area contributed by atoms with Crippen molar-refractivity contribution in [2.24, 2.45) is 0 Å². The topological polar surface area (TPSA) is 83.1 Å². The highest BCUT2D eigenvalue weighted by Crippen LogP contribution is 2.18. The van der Waals surface area contributed by atoms with Crippen LogP contribution in [0.4, 0.5) is 0 Å². The first-order valence-electron chi connectivity index (χ1n) is 11.4. The van der Waals surface area contributed by atoms with E-state index in [-0.39, 0.29) is 4.90 Å². The summed E-state index contributed by atoms with van der Waals surface area (Å²) in [6.45, 7) is 2.26. The van der Waals surface area contributed by atoms with Crippen molar-refractivity contribution in [3.05, 3.63) is 24.0 Å². The molecule has 168 valence electrons. The summed E-state index contributed by atoms with van der Waals surface area (Å²) in [6, 6.07) is 4.34. The van der Waals surface area contributed by atoms with Crippen LogP contribution in [0.25, 0.3) is 11.0 Å². The molecule has 0 bridgehead atoms. The fraction of sp³-hybridized carbons (Fsp3) is 0.652. The maximum atomic E-state index is 11.3. The lowest BCUT2D eigenvalue weighted by molar-refractivity contribution is 0.483. The van der Waals surface area contributed by atoms with Crippen molar-refractivity contribution in [3.8, 4) is 0 Å². The average Bonchev–Trinajstić information content (AvgIpc) is 3.09. The summed E-state index contributed by atoms with van der Waals surface area (Å²) in [6.07, 6.45) is 17.4. The molecule has 5 nitrogen and oxygen atoms in total. The number of aromatic amines is 1. The minimum atomic E-state index is -4.21. The van der Waals surface area contributed by atoms with Gasteiger partial charge >= 0.3 is 0 Å². The van der Waals surface area contributed by atoms with Crippen molar-refractivity contribution in [1.29, 1.82) is 0 Å². The molecular weight excluding hydrogens is 416 g/mol. The Bertz CT molecular complexity index is 891. The van der Waals surface area contributed by atoms with E-state index in [1.165, 1.54) is 82.8 Å². The maximum Gasteiger partial charge on any atom is 0.294 e. The van der Waals surface area contributed by atoms with Crippen LogP contribution in [0.1, 0.15) is 96.2 Å². The Kier molecular flexibility index (Phi) is 11.0. The van der Waals surface area contributed by atoms with Crippen LogP contribution in [0, 0.1) is 0 Å². The fourth-order valence-electron chi connectivity index (χ4n) is 3.72. The van der Waals surface area contributed by atoms with E-state index in [0.717, 1.165) is 23.5 Å². The maximum absolute atomic E-state index is 11.3. The second-order valence-electron chi connectivity index (χ2n) is 8.19. The van der Waals surface area contributed by atoms with E-state index in [1.54, 1.807) is 6.07 Å². The zero-order chi connectivity index (χ0) is 21.8. The summed E-state index contributed by atoms with van der Waals surface area (Å²) in [7, 11) is -4.21. The molecule has 1 aromatic heterocycles. The Hall–Kier alpha value is -1.31. The minimum absolute atomic E-state index is 0.135. The SMILES string of the molecule is CCCCCCCCCCCCCCC(=S)Cc1nc2ccc(S(=O)(=O)O)cc2[nH]1. The van der Waals surface area contributed by atoms with E-state index in [0.29, 0.717) is 17.5 Å². The Morgan fingerprint density at radius 3 is 2.10 bits per heavy atom. The summed E-state index contributed by atoms with van der Waals surface area (Å²) in [4.78, 5) is 8.41. The van der Waals surface area contributed by atoms with Gasteiger partial charge in [0.05, 0.1) is 15.9 Å². The molecular formula is C23H36N2O3S2. The number of rotatable bonds is 16. The molecule has 0 amide bonds. The molecule has 0 aliphatic rings. The highest BCUT2D eigenvalue weighted by Gasteiger charge is 2.12. The van der Waals surface area contributed by atoms with Crippen LogP contribution in [-0.2, 0) is 16.5 Å². The van der Waals surface area contributed by atoms with Gasteiger partial charge in [-0.3, -0.25) is 4.55 Å². The quantitative estimate of drug-likeness (QED) is 0.166. The number of nitrogens with zero attached hydrogens (tertiary/aromatic N) is 1. The van der Waals surface area contributed by atoms with Crippen LogP contribution in [0.2, 0.25) is 0 Å². The summed E-state index contributed by atoms with van der Waals surface area (Å²) in [5.74, 6) is 0.737. The molecule has 2 aromatic rings. The molecule has 0 saturated heterocycles. The number of H-pyrrole nitrogens is 1. The first-order chi connectivity index (χ1) is 14.4. The van der Waals surface area contributed by atoms with Crippen LogP contribution < -0.4 is 0 Å². The number of imidazole rings is 1. The number of thiocarbonyl (C=S) groups is 1. The van der Waals surface area contributed by atoms with E-state index in [9.17, 15) is 8.42 Å². The monoisotopic (exact) mass is 452 g/mol. The third-order valence-electron chi connectivity index (χ3n) is 5.47. The Morgan fingerprint density at radius 1 is 0.967 bits per heavy atom. The third kappa shape index (κ3) is 9.23. The minimum Gasteiger partial charge on any atom is -0.342 e. The molecule has 0 saturated carbocycles. The smallest absolute Gasteiger partial charge is 0.294 e. The van der Waals surface area contributed by atoms with Crippen LogP contribution in [0.5, 0.6) is 0 Å². The van der Waals surface area contributed by atoms with Gasteiger partial charge in [-0.25, -0.2) is 4.98 Å². The van der Waals surface area contributed by atoms with Gasteiger partial charge in [0.1, 0.15) is 5.82 Å². The summed E-state index contributed by atoms with van der Waals surface area (Å²) in [5, 5.41) is 0. The van der Waals surface area contributed by atoms with E-state index >= 15 is 0 Å². The van der Waals surface area contributed by atoms with Gasteiger partial charge in [0.25, 0.3) is 10.1 Å². The molecule has 2 rings (SSSR count). The zero-order valence-electron chi connectivity index (χ0n) is 18.2. The lowest BCUT2D eigenvalue weighted by Crippen LogP contribution is -2.01. The highest BCUT2D eigenvalue weighted by atomic mass is 32.2. The number of aromatic nitrogens is 2. The zero-order valence-corrected chi connectivity index (χ0v) is 19.8. The molecule has 0 aliphatic heterocycles. The largest absolute Gasteiger partial charge is 0.342 e. The van der Waals surface area contributed by atoms with E-state index in [1.807, 2.05) is 0 Å². The van der Waals surface area contributed by atoms with Crippen molar-refractivity contribution in [2.45, 2.75) is 102 Å². The summed E-state index contributed by atoms with van der Waals surface area (Å²) >= 11 is 5.51. The Balaban J connectivity index is 1.58. The Labute approximate surface area is 186 Å². The first-order valence-corrected chi connectivity index (χ1v) is 13.2. The number of unbranched alkanes of at least 4 members (excludes halogenated alkanes) is 11. The number of nitrogens with one attached hydrogen (secondary N) is 1. The Morgan fingerprint density at radius 2 is 1.53 bits per heavy atom. The second-order valence-corrected chi connectivity index (χ2v) is 10.2. The predicted octanol–water partition coefficient (Wildman–Crippen LogP) is 6.81. The van der Waals surface area contributed by atoms with Crippen molar-refractivity contribution < 1.29 is 13.0 Å². The summed E-state index contributed by atoms with van der Waals surface area (Å²) in [5.41, 5.74) is 1.26. The molecule has 30 heavy (non-hydrogen) atoms. The molecule has 0 radical (unpaired) electrons. The fourth-order valence-corrected chi connectivity index (χ4v) is 4.51.